The molecule has 3 nitrogen and oxygen atoms in total. The topological polar surface area (TPSA) is 24.5 Å². The monoisotopic (exact) mass is 270 g/mol. The summed E-state index contributed by atoms with van der Waals surface area (Å²) in [6.07, 6.45) is 4.94. The fourth-order valence-electron chi connectivity index (χ4n) is 2.96. The molecule has 1 aliphatic rings. The molecule has 0 radical (unpaired) electrons. The Morgan fingerprint density at radius 1 is 1.21 bits per heavy atom. The SMILES string of the molecule is CCCOCCN1CC(CCC)NCC1C(C)CC. The third-order valence-electron chi connectivity index (χ3n) is 4.35. The Balaban J connectivity index is 2.45. The molecular weight excluding hydrogens is 236 g/mol. The van der Waals surface area contributed by atoms with E-state index in [0.29, 0.717) is 12.1 Å². The molecular formula is C16H34N2O. The van der Waals surface area contributed by atoms with E-state index in [9.17, 15) is 0 Å². The van der Waals surface area contributed by atoms with Gasteiger partial charge in [-0.15, -0.1) is 0 Å². The smallest absolute Gasteiger partial charge is 0.0593 e. The van der Waals surface area contributed by atoms with Gasteiger partial charge in [-0.1, -0.05) is 40.5 Å². The summed E-state index contributed by atoms with van der Waals surface area (Å²) >= 11 is 0. The van der Waals surface area contributed by atoms with E-state index in [1.807, 2.05) is 0 Å². The Kier molecular flexibility index (Phi) is 8.67. The number of ether oxygens (including phenoxy) is 1. The highest BCUT2D eigenvalue weighted by Crippen LogP contribution is 2.19. The standard InChI is InChI=1S/C16H34N2O/c1-5-8-15-13-18(9-11-19-10-6-2)16(12-17-15)14(4)7-3/h14-17H,5-13H2,1-4H3. The van der Waals surface area contributed by atoms with Crippen LogP contribution in [0.3, 0.4) is 0 Å². The average molecular weight is 270 g/mol. The minimum Gasteiger partial charge on any atom is -0.380 e. The molecule has 0 aromatic rings. The van der Waals surface area contributed by atoms with Gasteiger partial charge in [0.05, 0.1) is 6.61 Å². The van der Waals surface area contributed by atoms with Gasteiger partial charge in [0, 0.05) is 38.3 Å². The second kappa shape index (κ2) is 9.73. The number of hydrogen-bond donors (Lipinski definition) is 1. The van der Waals surface area contributed by atoms with Gasteiger partial charge in [0.15, 0.2) is 0 Å². The fraction of sp³-hybridized carbons (Fsp3) is 1.00. The van der Waals surface area contributed by atoms with Gasteiger partial charge < -0.3 is 10.1 Å². The Morgan fingerprint density at radius 3 is 2.63 bits per heavy atom. The summed E-state index contributed by atoms with van der Waals surface area (Å²) < 4.78 is 5.68. The first-order chi connectivity index (χ1) is 9.22. The molecule has 0 aromatic heterocycles. The van der Waals surface area contributed by atoms with Crippen molar-refractivity contribution >= 4 is 0 Å². The van der Waals surface area contributed by atoms with Crippen LogP contribution in [0.4, 0.5) is 0 Å². The molecule has 3 unspecified atom stereocenters. The molecule has 3 heteroatoms. The minimum absolute atomic E-state index is 0.677. The molecule has 1 N–H and O–H groups in total. The lowest BCUT2D eigenvalue weighted by Crippen LogP contribution is -2.59. The molecule has 3 atom stereocenters. The van der Waals surface area contributed by atoms with Gasteiger partial charge in [-0.3, -0.25) is 4.90 Å². The van der Waals surface area contributed by atoms with Crippen molar-refractivity contribution in [3.8, 4) is 0 Å². The van der Waals surface area contributed by atoms with Crippen molar-refractivity contribution < 1.29 is 4.74 Å². The molecule has 114 valence electrons. The number of nitrogens with zero attached hydrogens (tertiary/aromatic N) is 1. The third-order valence-corrected chi connectivity index (χ3v) is 4.35. The average Bonchev–Trinajstić information content (AvgIpc) is 2.43. The lowest BCUT2D eigenvalue weighted by molar-refractivity contribution is 0.0456. The van der Waals surface area contributed by atoms with Crippen LogP contribution < -0.4 is 5.32 Å². The number of nitrogens with one attached hydrogen (secondary N) is 1. The van der Waals surface area contributed by atoms with E-state index in [4.69, 9.17) is 4.74 Å². The van der Waals surface area contributed by atoms with Crippen molar-refractivity contribution in [1.29, 1.82) is 0 Å². The third kappa shape index (κ3) is 5.80. The molecule has 1 saturated heterocycles. The van der Waals surface area contributed by atoms with Crippen LogP contribution in [-0.4, -0.2) is 49.8 Å². The van der Waals surface area contributed by atoms with Crippen molar-refractivity contribution in [2.45, 2.75) is 65.5 Å². The molecule has 0 spiro atoms. The zero-order chi connectivity index (χ0) is 14.1. The second-order valence-corrected chi connectivity index (χ2v) is 5.95. The molecule has 0 aromatic carbocycles. The van der Waals surface area contributed by atoms with E-state index >= 15 is 0 Å². The van der Waals surface area contributed by atoms with E-state index < -0.39 is 0 Å². The fourth-order valence-corrected chi connectivity index (χ4v) is 2.96. The maximum Gasteiger partial charge on any atom is 0.0593 e. The minimum atomic E-state index is 0.677. The highest BCUT2D eigenvalue weighted by molar-refractivity contribution is 4.88. The van der Waals surface area contributed by atoms with E-state index in [1.54, 1.807) is 0 Å². The van der Waals surface area contributed by atoms with E-state index in [0.717, 1.165) is 38.6 Å². The maximum atomic E-state index is 5.68. The van der Waals surface area contributed by atoms with Gasteiger partial charge in [0.25, 0.3) is 0 Å². The Hall–Kier alpha value is -0.120. The lowest BCUT2D eigenvalue weighted by Gasteiger charge is -2.43. The summed E-state index contributed by atoms with van der Waals surface area (Å²) in [7, 11) is 0. The zero-order valence-electron chi connectivity index (χ0n) is 13.5. The predicted octanol–water partition coefficient (Wildman–Crippen LogP) is 2.90. The van der Waals surface area contributed by atoms with Crippen LogP contribution in [0.2, 0.25) is 0 Å². The number of hydrogen-bond acceptors (Lipinski definition) is 3. The molecule has 1 heterocycles. The van der Waals surface area contributed by atoms with Crippen LogP contribution in [0.25, 0.3) is 0 Å². The molecule has 1 fully saturated rings. The first-order valence-corrected chi connectivity index (χ1v) is 8.28. The van der Waals surface area contributed by atoms with Gasteiger partial charge in [0.2, 0.25) is 0 Å². The van der Waals surface area contributed by atoms with Gasteiger partial charge in [-0.2, -0.15) is 0 Å². The molecule has 0 aliphatic carbocycles. The van der Waals surface area contributed by atoms with Crippen molar-refractivity contribution in [2.24, 2.45) is 5.92 Å². The highest BCUT2D eigenvalue weighted by atomic mass is 16.5. The quantitative estimate of drug-likeness (QED) is 0.652. The molecule has 0 bridgehead atoms. The van der Waals surface area contributed by atoms with E-state index in [2.05, 4.69) is 37.9 Å². The maximum absolute atomic E-state index is 5.68. The molecule has 19 heavy (non-hydrogen) atoms. The molecule has 0 amide bonds. The van der Waals surface area contributed by atoms with Gasteiger partial charge in [-0.05, 0) is 18.8 Å². The first-order valence-electron chi connectivity index (χ1n) is 8.28. The normalized spacial score (nSPS) is 26.5. The highest BCUT2D eigenvalue weighted by Gasteiger charge is 2.29. The van der Waals surface area contributed by atoms with Gasteiger partial charge >= 0.3 is 0 Å². The summed E-state index contributed by atoms with van der Waals surface area (Å²) in [5.74, 6) is 0.765. The van der Waals surface area contributed by atoms with Crippen molar-refractivity contribution in [2.75, 3.05) is 32.8 Å². The summed E-state index contributed by atoms with van der Waals surface area (Å²) in [6, 6.07) is 1.36. The van der Waals surface area contributed by atoms with Crippen molar-refractivity contribution in [3.63, 3.8) is 0 Å². The van der Waals surface area contributed by atoms with Crippen LogP contribution in [-0.2, 0) is 4.74 Å². The van der Waals surface area contributed by atoms with Crippen LogP contribution >= 0.6 is 0 Å². The Labute approximate surface area is 120 Å². The molecule has 0 saturated carbocycles. The summed E-state index contributed by atoms with van der Waals surface area (Å²) in [5, 5.41) is 3.73. The van der Waals surface area contributed by atoms with Crippen LogP contribution in [0.1, 0.15) is 53.4 Å². The van der Waals surface area contributed by atoms with E-state index in [1.165, 1.54) is 25.8 Å². The predicted molar refractivity (Wildman–Crippen MR) is 82.6 cm³/mol. The summed E-state index contributed by atoms with van der Waals surface area (Å²) in [6.45, 7) is 14.4. The molecule has 1 aliphatic heterocycles. The zero-order valence-corrected chi connectivity index (χ0v) is 13.5. The number of rotatable bonds is 9. The first kappa shape index (κ1) is 16.9. The summed E-state index contributed by atoms with van der Waals surface area (Å²) in [4.78, 5) is 2.67. The Bertz CT molecular complexity index is 223. The second-order valence-electron chi connectivity index (χ2n) is 5.95. The summed E-state index contributed by atoms with van der Waals surface area (Å²) in [5.41, 5.74) is 0. The van der Waals surface area contributed by atoms with Gasteiger partial charge in [-0.25, -0.2) is 0 Å². The van der Waals surface area contributed by atoms with Crippen molar-refractivity contribution in [3.05, 3.63) is 0 Å². The van der Waals surface area contributed by atoms with Crippen LogP contribution in [0.15, 0.2) is 0 Å². The number of piperazine rings is 1. The molecule has 1 rings (SSSR count). The van der Waals surface area contributed by atoms with Gasteiger partial charge in [0.1, 0.15) is 0 Å². The van der Waals surface area contributed by atoms with E-state index in [-0.39, 0.29) is 0 Å². The largest absolute Gasteiger partial charge is 0.380 e. The lowest BCUT2D eigenvalue weighted by atomic mass is 9.93. The van der Waals surface area contributed by atoms with Crippen molar-refractivity contribution in [1.82, 2.24) is 10.2 Å². The van der Waals surface area contributed by atoms with Crippen LogP contribution in [0.5, 0.6) is 0 Å². The Morgan fingerprint density at radius 2 is 2.00 bits per heavy atom. The van der Waals surface area contributed by atoms with Crippen LogP contribution in [0, 0.1) is 5.92 Å².